The minimum Gasteiger partial charge on any atom is -0.456 e. The average Bonchev–Trinajstić information content (AvgIpc) is 3.95. The molecule has 0 aliphatic heterocycles. The number of furan rings is 1. The summed E-state index contributed by atoms with van der Waals surface area (Å²) < 4.78 is 13.3. The van der Waals surface area contributed by atoms with Crippen molar-refractivity contribution in [3.8, 4) is 44.8 Å². The zero-order valence-electron chi connectivity index (χ0n) is 33.0. The lowest BCUT2D eigenvalue weighted by molar-refractivity contribution is 0.620. The molecule has 0 atom stereocenters. The first-order valence-corrected chi connectivity index (χ1v) is 20.6. The van der Waals surface area contributed by atoms with Crippen molar-refractivity contribution in [1.29, 1.82) is 0 Å². The lowest BCUT2D eigenvalue weighted by Crippen LogP contribution is -2.11. The first kappa shape index (κ1) is 34.8. The predicted octanol–water partition coefficient (Wildman–Crippen LogP) is 16.2. The minimum absolute atomic E-state index is 0.573. The molecule has 2 heterocycles. The van der Waals surface area contributed by atoms with Gasteiger partial charge in [-0.1, -0.05) is 158 Å². The van der Waals surface area contributed by atoms with Crippen molar-refractivity contribution in [3.63, 3.8) is 0 Å². The predicted molar refractivity (Wildman–Crippen MR) is 253 cm³/mol. The van der Waals surface area contributed by atoms with E-state index in [4.69, 9.17) is 13.8 Å². The third-order valence-corrected chi connectivity index (χ3v) is 11.9. The van der Waals surface area contributed by atoms with E-state index in [2.05, 4.69) is 175 Å². The Kier molecular flexibility index (Phi) is 8.13. The van der Waals surface area contributed by atoms with Crippen molar-refractivity contribution in [2.45, 2.75) is 0 Å². The van der Waals surface area contributed by atoms with Gasteiger partial charge in [-0.15, -0.1) is 0 Å². The third kappa shape index (κ3) is 5.88. The summed E-state index contributed by atoms with van der Waals surface area (Å²) in [6, 6.07) is 77.0. The molecule has 0 spiro atoms. The van der Waals surface area contributed by atoms with Crippen LogP contribution in [0.4, 0.5) is 17.1 Å². The smallest absolute Gasteiger partial charge is 0.227 e. The summed E-state index contributed by atoms with van der Waals surface area (Å²) in [5.74, 6) is 0.573. The molecule has 4 nitrogen and oxygen atoms in total. The van der Waals surface area contributed by atoms with E-state index in [0.717, 1.165) is 83.5 Å². The van der Waals surface area contributed by atoms with Crippen LogP contribution < -0.4 is 4.90 Å². The van der Waals surface area contributed by atoms with Gasteiger partial charge in [-0.2, -0.15) is 0 Å². The van der Waals surface area contributed by atoms with E-state index in [-0.39, 0.29) is 0 Å². The number of hydrogen-bond acceptors (Lipinski definition) is 4. The Morgan fingerprint density at radius 2 is 1.00 bits per heavy atom. The number of benzene rings is 10. The van der Waals surface area contributed by atoms with E-state index >= 15 is 0 Å². The monoisotopic (exact) mass is 780 g/mol. The molecule has 0 saturated carbocycles. The molecular formula is C57H36N2O2. The first-order valence-electron chi connectivity index (χ1n) is 20.6. The molecule has 12 aromatic rings. The van der Waals surface area contributed by atoms with Crippen molar-refractivity contribution in [3.05, 3.63) is 218 Å². The van der Waals surface area contributed by atoms with Crippen molar-refractivity contribution >= 4 is 71.6 Å². The van der Waals surface area contributed by atoms with Crippen LogP contribution >= 0.6 is 0 Å². The summed E-state index contributed by atoms with van der Waals surface area (Å²) in [4.78, 5) is 7.51. The van der Waals surface area contributed by atoms with Crippen molar-refractivity contribution in [1.82, 2.24) is 4.98 Å². The SMILES string of the molecule is c1ccc(-c2nc3c(o2)c(-c2cccc(N(c4ccc(-c5cc6ccccc6c6ccccc56)cc4)c4ccccc4-c4ccccc4)c2)cc2oc4ccccc4c23)cc1. The van der Waals surface area contributed by atoms with Gasteiger partial charge in [-0.05, 0) is 104 Å². The highest BCUT2D eigenvalue weighted by atomic mass is 16.4. The van der Waals surface area contributed by atoms with Gasteiger partial charge >= 0.3 is 0 Å². The van der Waals surface area contributed by atoms with Crippen LogP contribution in [0.2, 0.25) is 0 Å². The Hall–Kier alpha value is -8.21. The Labute approximate surface area is 352 Å². The number of rotatable bonds is 7. The van der Waals surface area contributed by atoms with E-state index in [1.54, 1.807) is 0 Å². The summed E-state index contributed by atoms with van der Waals surface area (Å²) >= 11 is 0. The highest BCUT2D eigenvalue weighted by Crippen LogP contribution is 2.46. The average molecular weight is 781 g/mol. The molecule has 12 rings (SSSR count). The summed E-state index contributed by atoms with van der Waals surface area (Å²) in [6.07, 6.45) is 0. The van der Waals surface area contributed by atoms with Gasteiger partial charge in [0, 0.05) is 33.5 Å². The first-order chi connectivity index (χ1) is 30.2. The van der Waals surface area contributed by atoms with Crippen LogP contribution in [0, 0.1) is 0 Å². The zero-order valence-corrected chi connectivity index (χ0v) is 33.0. The van der Waals surface area contributed by atoms with Crippen LogP contribution in [-0.4, -0.2) is 4.98 Å². The molecule has 0 fully saturated rings. The second-order valence-corrected chi connectivity index (χ2v) is 15.5. The van der Waals surface area contributed by atoms with E-state index in [0.29, 0.717) is 5.89 Å². The summed E-state index contributed by atoms with van der Waals surface area (Å²) in [6.45, 7) is 0. The Morgan fingerprint density at radius 1 is 0.361 bits per heavy atom. The highest BCUT2D eigenvalue weighted by molar-refractivity contribution is 6.20. The van der Waals surface area contributed by atoms with E-state index in [9.17, 15) is 0 Å². The molecule has 0 bridgehead atoms. The quantitative estimate of drug-likeness (QED) is 0.151. The molecule has 61 heavy (non-hydrogen) atoms. The third-order valence-electron chi connectivity index (χ3n) is 11.9. The largest absolute Gasteiger partial charge is 0.456 e. The fraction of sp³-hybridized carbons (Fsp3) is 0. The lowest BCUT2D eigenvalue weighted by Gasteiger charge is -2.28. The molecule has 4 heteroatoms. The summed E-state index contributed by atoms with van der Waals surface area (Å²) in [7, 11) is 0. The van der Waals surface area contributed by atoms with Crippen LogP contribution in [0.5, 0.6) is 0 Å². The molecular weight excluding hydrogens is 745 g/mol. The Balaban J connectivity index is 1.05. The fourth-order valence-corrected chi connectivity index (χ4v) is 9.05. The minimum atomic E-state index is 0.573. The van der Waals surface area contributed by atoms with Crippen LogP contribution in [-0.2, 0) is 0 Å². The molecule has 0 radical (unpaired) electrons. The van der Waals surface area contributed by atoms with Gasteiger partial charge in [-0.25, -0.2) is 4.98 Å². The number of anilines is 3. The topological polar surface area (TPSA) is 42.4 Å². The van der Waals surface area contributed by atoms with Gasteiger partial charge in [0.1, 0.15) is 16.7 Å². The number of fused-ring (bicyclic) bond motifs is 8. The summed E-state index contributed by atoms with van der Waals surface area (Å²) in [5, 5.41) is 6.96. The van der Waals surface area contributed by atoms with E-state index in [1.807, 2.05) is 48.5 Å². The van der Waals surface area contributed by atoms with Crippen molar-refractivity contribution in [2.24, 2.45) is 0 Å². The molecule has 0 aliphatic carbocycles. The van der Waals surface area contributed by atoms with Gasteiger partial charge < -0.3 is 13.7 Å². The van der Waals surface area contributed by atoms with Gasteiger partial charge in [0.25, 0.3) is 0 Å². The van der Waals surface area contributed by atoms with Crippen molar-refractivity contribution in [2.75, 3.05) is 4.90 Å². The number of para-hydroxylation sites is 2. The lowest BCUT2D eigenvalue weighted by atomic mass is 9.93. The fourth-order valence-electron chi connectivity index (χ4n) is 9.05. The van der Waals surface area contributed by atoms with Gasteiger partial charge in [-0.3, -0.25) is 0 Å². The maximum Gasteiger partial charge on any atom is 0.227 e. The van der Waals surface area contributed by atoms with Crippen LogP contribution in [0.1, 0.15) is 0 Å². The summed E-state index contributed by atoms with van der Waals surface area (Å²) in [5.41, 5.74) is 13.7. The van der Waals surface area contributed by atoms with Gasteiger partial charge in [0.15, 0.2) is 5.58 Å². The standard InChI is InChI=1S/C57H36N2O2/c1-3-16-37(17-4-1)45-24-11-13-28-51(45)59(42-32-30-38(31-33-42)49-35-41-20-7-8-23-44(41)46-25-9-10-26-47(46)49)43-22-15-21-40(34-43)50-36-53-54(48-27-12-14-29-52(48)60-53)55-56(50)61-57(58-55)39-18-5-2-6-19-39/h1-36H. The molecule has 10 aromatic carbocycles. The zero-order chi connectivity index (χ0) is 40.3. The molecule has 2 aromatic heterocycles. The van der Waals surface area contributed by atoms with Gasteiger partial charge in [0.05, 0.1) is 11.1 Å². The Morgan fingerprint density at radius 3 is 1.82 bits per heavy atom. The molecule has 0 unspecified atom stereocenters. The normalized spacial score (nSPS) is 11.6. The number of nitrogens with zero attached hydrogens (tertiary/aromatic N) is 2. The van der Waals surface area contributed by atoms with Crippen molar-refractivity contribution < 1.29 is 8.83 Å². The number of hydrogen-bond donors (Lipinski definition) is 0. The molecule has 0 N–H and O–H groups in total. The van der Waals surface area contributed by atoms with Crippen LogP contribution in [0.25, 0.3) is 99.4 Å². The second kappa shape index (κ2) is 14.3. The van der Waals surface area contributed by atoms with E-state index in [1.165, 1.54) is 27.1 Å². The van der Waals surface area contributed by atoms with Crippen LogP contribution in [0.15, 0.2) is 227 Å². The molecule has 0 aliphatic rings. The molecule has 0 amide bonds. The molecule has 286 valence electrons. The second-order valence-electron chi connectivity index (χ2n) is 15.5. The molecule has 0 saturated heterocycles. The van der Waals surface area contributed by atoms with Crippen LogP contribution in [0.3, 0.4) is 0 Å². The maximum atomic E-state index is 6.76. The maximum absolute atomic E-state index is 6.76. The van der Waals surface area contributed by atoms with Gasteiger partial charge in [0.2, 0.25) is 5.89 Å². The number of oxazole rings is 1. The number of aromatic nitrogens is 1. The highest BCUT2D eigenvalue weighted by Gasteiger charge is 2.23. The Bertz CT molecular complexity index is 3590. The van der Waals surface area contributed by atoms with E-state index < -0.39 is 0 Å².